The zero-order valence-electron chi connectivity index (χ0n) is 11.6. The highest BCUT2D eigenvalue weighted by Crippen LogP contribution is 2.33. The summed E-state index contributed by atoms with van der Waals surface area (Å²) in [6.45, 7) is 2.81. The SMILES string of the molecule is CCn1c(Sc2ncnc3sccc23)nnc1-c1ccco1. The van der Waals surface area contributed by atoms with Gasteiger partial charge in [0.2, 0.25) is 0 Å². The van der Waals surface area contributed by atoms with Crippen LogP contribution in [0.15, 0.2) is 50.8 Å². The van der Waals surface area contributed by atoms with E-state index < -0.39 is 0 Å². The smallest absolute Gasteiger partial charge is 0.200 e. The molecule has 0 amide bonds. The highest BCUT2D eigenvalue weighted by Gasteiger charge is 2.17. The molecule has 0 atom stereocenters. The normalized spacial score (nSPS) is 11.3. The molecule has 0 spiro atoms. The average Bonchev–Trinajstić information content (AvgIpc) is 3.27. The van der Waals surface area contributed by atoms with Crippen LogP contribution in [0.1, 0.15) is 6.92 Å². The van der Waals surface area contributed by atoms with Crippen molar-refractivity contribution in [1.82, 2.24) is 24.7 Å². The predicted octanol–water partition coefficient (Wildman–Crippen LogP) is 3.71. The molecule has 8 heteroatoms. The summed E-state index contributed by atoms with van der Waals surface area (Å²) in [6.07, 6.45) is 3.22. The van der Waals surface area contributed by atoms with Gasteiger partial charge in [0.1, 0.15) is 16.2 Å². The number of thiophene rings is 1. The van der Waals surface area contributed by atoms with Crippen LogP contribution in [-0.2, 0) is 6.54 Å². The fourth-order valence-electron chi connectivity index (χ4n) is 2.17. The molecule has 0 saturated carbocycles. The van der Waals surface area contributed by atoms with Crippen molar-refractivity contribution in [1.29, 1.82) is 0 Å². The summed E-state index contributed by atoms with van der Waals surface area (Å²) in [6, 6.07) is 5.75. The molecule has 0 aromatic carbocycles. The molecule has 0 fully saturated rings. The quantitative estimate of drug-likeness (QED) is 0.532. The summed E-state index contributed by atoms with van der Waals surface area (Å²) in [5, 5.41) is 13.3. The van der Waals surface area contributed by atoms with Gasteiger partial charge in [0.05, 0.1) is 6.26 Å². The summed E-state index contributed by atoms with van der Waals surface area (Å²) < 4.78 is 7.44. The van der Waals surface area contributed by atoms with Crippen LogP contribution in [0.25, 0.3) is 21.8 Å². The molecule has 0 N–H and O–H groups in total. The number of furan rings is 1. The Kier molecular flexibility index (Phi) is 3.39. The summed E-state index contributed by atoms with van der Waals surface area (Å²) >= 11 is 3.10. The Balaban J connectivity index is 1.76. The van der Waals surface area contributed by atoms with E-state index in [4.69, 9.17) is 4.42 Å². The van der Waals surface area contributed by atoms with E-state index in [1.807, 2.05) is 28.1 Å². The third-order valence-electron chi connectivity index (χ3n) is 3.19. The van der Waals surface area contributed by atoms with Crippen LogP contribution in [0, 0.1) is 0 Å². The number of hydrogen-bond donors (Lipinski definition) is 0. The summed E-state index contributed by atoms with van der Waals surface area (Å²) in [5.74, 6) is 1.44. The second kappa shape index (κ2) is 5.54. The first-order chi connectivity index (χ1) is 10.9. The lowest BCUT2D eigenvalue weighted by Crippen LogP contribution is -1.99. The van der Waals surface area contributed by atoms with Gasteiger partial charge in [-0.15, -0.1) is 21.5 Å². The van der Waals surface area contributed by atoms with E-state index in [0.29, 0.717) is 5.76 Å². The first-order valence-corrected chi connectivity index (χ1v) is 8.39. The lowest BCUT2D eigenvalue weighted by atomic mass is 10.4. The zero-order valence-corrected chi connectivity index (χ0v) is 13.3. The van der Waals surface area contributed by atoms with Gasteiger partial charge >= 0.3 is 0 Å². The Morgan fingerprint density at radius 2 is 2.23 bits per heavy atom. The number of nitrogens with zero attached hydrogens (tertiary/aromatic N) is 5. The van der Waals surface area contributed by atoms with Gasteiger partial charge in [0.15, 0.2) is 16.7 Å². The Bertz CT molecular complexity index is 913. The van der Waals surface area contributed by atoms with Crippen molar-refractivity contribution in [2.24, 2.45) is 0 Å². The summed E-state index contributed by atoms with van der Waals surface area (Å²) in [4.78, 5) is 9.62. The van der Waals surface area contributed by atoms with E-state index in [1.54, 1.807) is 23.9 Å². The molecular formula is C14H11N5OS2. The molecule has 110 valence electrons. The molecule has 0 unspecified atom stereocenters. The maximum atomic E-state index is 5.43. The second-order valence-electron chi connectivity index (χ2n) is 4.45. The first kappa shape index (κ1) is 13.5. The van der Waals surface area contributed by atoms with Crippen molar-refractivity contribution >= 4 is 33.3 Å². The van der Waals surface area contributed by atoms with Gasteiger partial charge in [0, 0.05) is 11.9 Å². The number of aromatic nitrogens is 5. The molecule has 0 aliphatic rings. The molecule has 6 nitrogen and oxygen atoms in total. The standard InChI is InChI=1S/C14H11N5OS2/c1-2-19-11(10-4-3-6-20-10)17-18-14(19)22-13-9-5-7-21-12(9)15-8-16-13/h3-8H,2H2,1H3. The van der Waals surface area contributed by atoms with Gasteiger partial charge in [-0.1, -0.05) is 0 Å². The van der Waals surface area contributed by atoms with Crippen molar-refractivity contribution in [2.45, 2.75) is 23.7 Å². The third kappa shape index (κ3) is 2.20. The van der Waals surface area contributed by atoms with E-state index in [2.05, 4.69) is 27.1 Å². The van der Waals surface area contributed by atoms with Crippen LogP contribution in [0.4, 0.5) is 0 Å². The number of fused-ring (bicyclic) bond motifs is 1. The molecule has 0 aliphatic heterocycles. The van der Waals surface area contributed by atoms with Gasteiger partial charge in [-0.05, 0) is 42.3 Å². The lowest BCUT2D eigenvalue weighted by molar-refractivity contribution is 0.567. The molecule has 22 heavy (non-hydrogen) atoms. The van der Waals surface area contributed by atoms with Crippen LogP contribution in [0.2, 0.25) is 0 Å². The molecule has 0 aliphatic carbocycles. The van der Waals surface area contributed by atoms with Gasteiger partial charge in [0.25, 0.3) is 0 Å². The fraction of sp³-hybridized carbons (Fsp3) is 0.143. The van der Waals surface area contributed by atoms with Crippen molar-refractivity contribution in [3.05, 3.63) is 36.2 Å². The van der Waals surface area contributed by atoms with E-state index in [-0.39, 0.29) is 0 Å². The lowest BCUT2D eigenvalue weighted by Gasteiger charge is -2.05. The van der Waals surface area contributed by atoms with Crippen molar-refractivity contribution in [3.63, 3.8) is 0 Å². The number of hydrogen-bond acceptors (Lipinski definition) is 7. The Morgan fingerprint density at radius 1 is 1.27 bits per heavy atom. The molecule has 0 saturated heterocycles. The molecule has 0 radical (unpaired) electrons. The van der Waals surface area contributed by atoms with Crippen molar-refractivity contribution < 1.29 is 4.42 Å². The second-order valence-corrected chi connectivity index (χ2v) is 6.30. The Hall–Kier alpha value is -2.19. The zero-order chi connectivity index (χ0) is 14.9. The van der Waals surface area contributed by atoms with Crippen molar-refractivity contribution in [3.8, 4) is 11.6 Å². The third-order valence-corrected chi connectivity index (χ3v) is 5.01. The van der Waals surface area contributed by atoms with E-state index in [1.165, 1.54) is 11.8 Å². The fourth-order valence-corrected chi connectivity index (χ4v) is 3.92. The van der Waals surface area contributed by atoms with Crippen molar-refractivity contribution in [2.75, 3.05) is 0 Å². The monoisotopic (exact) mass is 329 g/mol. The largest absolute Gasteiger partial charge is 0.461 e. The Morgan fingerprint density at radius 3 is 3.05 bits per heavy atom. The molecule has 4 aromatic heterocycles. The van der Waals surface area contributed by atoms with Gasteiger partial charge in [-0.3, -0.25) is 4.57 Å². The molecule has 4 rings (SSSR count). The minimum absolute atomic E-state index is 0.713. The summed E-state index contributed by atoms with van der Waals surface area (Å²) in [7, 11) is 0. The van der Waals surface area contributed by atoms with E-state index in [9.17, 15) is 0 Å². The predicted molar refractivity (Wildman–Crippen MR) is 84.9 cm³/mol. The summed E-state index contributed by atoms with van der Waals surface area (Å²) in [5.41, 5.74) is 0. The van der Waals surface area contributed by atoms with Crippen LogP contribution in [-0.4, -0.2) is 24.7 Å². The Labute approximate surface area is 134 Å². The van der Waals surface area contributed by atoms with Crippen LogP contribution >= 0.6 is 23.1 Å². The van der Waals surface area contributed by atoms with Gasteiger partial charge in [-0.25, -0.2) is 9.97 Å². The van der Waals surface area contributed by atoms with Gasteiger partial charge < -0.3 is 4.42 Å². The highest BCUT2D eigenvalue weighted by molar-refractivity contribution is 7.99. The van der Waals surface area contributed by atoms with E-state index >= 15 is 0 Å². The van der Waals surface area contributed by atoms with Gasteiger partial charge in [-0.2, -0.15) is 0 Å². The topological polar surface area (TPSA) is 69.6 Å². The van der Waals surface area contributed by atoms with E-state index in [0.717, 1.165) is 32.8 Å². The molecular weight excluding hydrogens is 318 g/mol. The maximum absolute atomic E-state index is 5.43. The highest BCUT2D eigenvalue weighted by atomic mass is 32.2. The van der Waals surface area contributed by atoms with Crippen LogP contribution in [0.3, 0.4) is 0 Å². The number of rotatable bonds is 4. The minimum Gasteiger partial charge on any atom is -0.461 e. The van der Waals surface area contributed by atoms with Crippen LogP contribution < -0.4 is 0 Å². The molecule has 0 bridgehead atoms. The minimum atomic E-state index is 0.713. The molecule has 4 aromatic rings. The van der Waals surface area contributed by atoms with Crippen LogP contribution in [0.5, 0.6) is 0 Å². The maximum Gasteiger partial charge on any atom is 0.200 e. The average molecular weight is 329 g/mol. The molecule has 4 heterocycles. The first-order valence-electron chi connectivity index (χ1n) is 6.70.